The molecule has 0 aliphatic heterocycles. The summed E-state index contributed by atoms with van der Waals surface area (Å²) >= 11 is 0. The number of hydrogen-bond acceptors (Lipinski definition) is 3. The average molecular weight is 225 g/mol. The summed E-state index contributed by atoms with van der Waals surface area (Å²) in [6.07, 6.45) is 4.85. The standard InChI is InChI=1S/C12H23N3O/c1-10(9-16-3)8-11(13)4-5-12-6-7-14-15(12)2/h6-7,10-11H,4-5,8-9,13H2,1-3H3. The summed E-state index contributed by atoms with van der Waals surface area (Å²) in [5.41, 5.74) is 7.33. The molecule has 0 bridgehead atoms. The highest BCUT2D eigenvalue weighted by molar-refractivity contribution is 5.00. The molecule has 16 heavy (non-hydrogen) atoms. The van der Waals surface area contributed by atoms with Crippen LogP contribution in [0.25, 0.3) is 0 Å². The fraction of sp³-hybridized carbons (Fsp3) is 0.750. The Hall–Kier alpha value is -0.870. The number of methoxy groups -OCH3 is 1. The molecule has 92 valence electrons. The molecule has 0 saturated carbocycles. The second-order valence-electron chi connectivity index (χ2n) is 4.54. The average Bonchev–Trinajstić information content (AvgIpc) is 2.61. The van der Waals surface area contributed by atoms with Gasteiger partial charge in [-0.3, -0.25) is 4.68 Å². The highest BCUT2D eigenvalue weighted by Gasteiger charge is 2.10. The molecule has 2 N–H and O–H groups in total. The molecule has 0 aromatic carbocycles. The molecular weight excluding hydrogens is 202 g/mol. The number of nitrogens with zero attached hydrogens (tertiary/aromatic N) is 2. The molecule has 4 nitrogen and oxygen atoms in total. The van der Waals surface area contributed by atoms with E-state index in [9.17, 15) is 0 Å². The van der Waals surface area contributed by atoms with Gasteiger partial charge in [0.15, 0.2) is 0 Å². The van der Waals surface area contributed by atoms with Crippen LogP contribution in [0, 0.1) is 5.92 Å². The Morgan fingerprint density at radius 2 is 2.31 bits per heavy atom. The molecule has 0 amide bonds. The van der Waals surface area contributed by atoms with Gasteiger partial charge in [-0.25, -0.2) is 0 Å². The van der Waals surface area contributed by atoms with Crippen molar-refractivity contribution < 1.29 is 4.74 Å². The smallest absolute Gasteiger partial charge is 0.0492 e. The number of hydrogen-bond donors (Lipinski definition) is 1. The van der Waals surface area contributed by atoms with Crippen molar-refractivity contribution >= 4 is 0 Å². The van der Waals surface area contributed by atoms with Gasteiger partial charge in [0, 0.05) is 38.7 Å². The summed E-state index contributed by atoms with van der Waals surface area (Å²) in [6.45, 7) is 2.97. The Balaban J connectivity index is 2.25. The SMILES string of the molecule is COCC(C)CC(N)CCc1ccnn1C. The minimum atomic E-state index is 0.250. The van der Waals surface area contributed by atoms with Gasteiger partial charge in [0.1, 0.15) is 0 Å². The van der Waals surface area contributed by atoms with E-state index in [1.165, 1.54) is 5.69 Å². The molecule has 0 saturated heterocycles. The van der Waals surface area contributed by atoms with E-state index in [1.54, 1.807) is 7.11 Å². The monoisotopic (exact) mass is 225 g/mol. The van der Waals surface area contributed by atoms with Crippen LogP contribution < -0.4 is 5.73 Å². The van der Waals surface area contributed by atoms with Crippen molar-refractivity contribution in [2.24, 2.45) is 18.7 Å². The second-order valence-corrected chi connectivity index (χ2v) is 4.54. The summed E-state index contributed by atoms with van der Waals surface area (Å²) in [6, 6.07) is 2.30. The number of aryl methyl sites for hydroxylation is 2. The maximum Gasteiger partial charge on any atom is 0.0492 e. The molecule has 1 aromatic rings. The molecule has 0 fully saturated rings. The van der Waals surface area contributed by atoms with Crippen LogP contribution in [0.3, 0.4) is 0 Å². The first-order chi connectivity index (χ1) is 7.63. The third-order valence-electron chi connectivity index (χ3n) is 2.85. The zero-order valence-electron chi connectivity index (χ0n) is 10.5. The predicted molar refractivity (Wildman–Crippen MR) is 65.2 cm³/mol. The van der Waals surface area contributed by atoms with Crippen molar-refractivity contribution in [3.8, 4) is 0 Å². The molecule has 1 aromatic heterocycles. The highest BCUT2D eigenvalue weighted by Crippen LogP contribution is 2.10. The van der Waals surface area contributed by atoms with E-state index in [-0.39, 0.29) is 6.04 Å². The predicted octanol–water partition coefficient (Wildman–Crippen LogP) is 1.35. The van der Waals surface area contributed by atoms with Crippen LogP contribution in [0.1, 0.15) is 25.5 Å². The lowest BCUT2D eigenvalue weighted by Gasteiger charge is -2.16. The molecule has 0 radical (unpaired) electrons. The van der Waals surface area contributed by atoms with Gasteiger partial charge in [-0.2, -0.15) is 5.10 Å². The van der Waals surface area contributed by atoms with Crippen LogP contribution in [0.15, 0.2) is 12.3 Å². The maximum absolute atomic E-state index is 6.09. The van der Waals surface area contributed by atoms with E-state index in [2.05, 4.69) is 12.0 Å². The van der Waals surface area contributed by atoms with Crippen molar-refractivity contribution in [1.29, 1.82) is 0 Å². The van der Waals surface area contributed by atoms with Gasteiger partial charge in [-0.15, -0.1) is 0 Å². The maximum atomic E-state index is 6.09. The Kier molecular flexibility index (Phi) is 5.49. The van der Waals surface area contributed by atoms with Gasteiger partial charge < -0.3 is 10.5 Å². The lowest BCUT2D eigenvalue weighted by Crippen LogP contribution is -2.25. The van der Waals surface area contributed by atoms with Gasteiger partial charge in [0.05, 0.1) is 0 Å². The molecule has 1 rings (SSSR count). The van der Waals surface area contributed by atoms with Crippen LogP contribution in [0.2, 0.25) is 0 Å². The molecule has 0 aliphatic carbocycles. The van der Waals surface area contributed by atoms with Crippen LogP contribution in [0.5, 0.6) is 0 Å². The zero-order chi connectivity index (χ0) is 12.0. The molecule has 1 heterocycles. The quantitative estimate of drug-likeness (QED) is 0.762. The van der Waals surface area contributed by atoms with Crippen LogP contribution in [-0.2, 0) is 18.2 Å². The molecule has 2 atom stereocenters. The van der Waals surface area contributed by atoms with Crippen molar-refractivity contribution in [3.05, 3.63) is 18.0 Å². The Bertz CT molecular complexity index is 298. The summed E-state index contributed by atoms with van der Waals surface area (Å²) in [5.74, 6) is 0.534. The lowest BCUT2D eigenvalue weighted by molar-refractivity contribution is 0.151. The molecule has 4 heteroatoms. The van der Waals surface area contributed by atoms with Crippen molar-refractivity contribution in [3.63, 3.8) is 0 Å². The highest BCUT2D eigenvalue weighted by atomic mass is 16.5. The van der Waals surface area contributed by atoms with E-state index in [0.29, 0.717) is 5.92 Å². The molecule has 0 aliphatic rings. The van der Waals surface area contributed by atoms with Gasteiger partial charge in [0.2, 0.25) is 0 Å². The largest absolute Gasteiger partial charge is 0.384 e. The fourth-order valence-corrected chi connectivity index (χ4v) is 1.97. The molecular formula is C12H23N3O. The Morgan fingerprint density at radius 1 is 1.56 bits per heavy atom. The lowest BCUT2D eigenvalue weighted by atomic mass is 9.99. The van der Waals surface area contributed by atoms with Crippen LogP contribution in [-0.4, -0.2) is 29.5 Å². The number of rotatable bonds is 7. The van der Waals surface area contributed by atoms with E-state index < -0.39 is 0 Å². The van der Waals surface area contributed by atoms with Gasteiger partial charge >= 0.3 is 0 Å². The van der Waals surface area contributed by atoms with E-state index >= 15 is 0 Å². The topological polar surface area (TPSA) is 53.1 Å². The van der Waals surface area contributed by atoms with Gasteiger partial charge in [-0.1, -0.05) is 6.92 Å². The second kappa shape index (κ2) is 6.66. The third-order valence-corrected chi connectivity index (χ3v) is 2.85. The third kappa shape index (κ3) is 4.33. The Morgan fingerprint density at radius 3 is 2.88 bits per heavy atom. The molecule has 0 spiro atoms. The first-order valence-electron chi connectivity index (χ1n) is 5.85. The summed E-state index contributed by atoms with van der Waals surface area (Å²) < 4.78 is 7.01. The van der Waals surface area contributed by atoms with E-state index in [0.717, 1.165) is 25.9 Å². The normalized spacial score (nSPS) is 15.0. The minimum Gasteiger partial charge on any atom is -0.384 e. The van der Waals surface area contributed by atoms with Crippen molar-refractivity contribution in [2.75, 3.05) is 13.7 Å². The fourth-order valence-electron chi connectivity index (χ4n) is 1.97. The summed E-state index contributed by atoms with van der Waals surface area (Å²) in [5, 5.41) is 4.14. The number of ether oxygens (including phenoxy) is 1. The van der Waals surface area contributed by atoms with Gasteiger partial charge in [0.25, 0.3) is 0 Å². The summed E-state index contributed by atoms with van der Waals surface area (Å²) in [4.78, 5) is 0. The van der Waals surface area contributed by atoms with Crippen molar-refractivity contribution in [2.45, 2.75) is 32.2 Å². The first kappa shape index (κ1) is 13.2. The van der Waals surface area contributed by atoms with Gasteiger partial charge in [-0.05, 0) is 31.2 Å². The summed E-state index contributed by atoms with van der Waals surface area (Å²) in [7, 11) is 3.70. The van der Waals surface area contributed by atoms with E-state index in [4.69, 9.17) is 10.5 Å². The number of nitrogens with two attached hydrogens (primary N) is 1. The Labute approximate surface area is 97.8 Å². The van der Waals surface area contributed by atoms with Crippen molar-refractivity contribution in [1.82, 2.24) is 9.78 Å². The van der Waals surface area contributed by atoms with Crippen LogP contribution in [0.4, 0.5) is 0 Å². The first-order valence-corrected chi connectivity index (χ1v) is 5.85. The van der Waals surface area contributed by atoms with E-state index in [1.807, 2.05) is 24.0 Å². The zero-order valence-corrected chi connectivity index (χ0v) is 10.5. The van der Waals surface area contributed by atoms with Crippen LogP contribution >= 0.6 is 0 Å². The number of aromatic nitrogens is 2. The minimum absolute atomic E-state index is 0.250. The molecule has 2 unspecified atom stereocenters.